The molecule has 0 unspecified atom stereocenters. The zero-order valence-electron chi connectivity index (χ0n) is 108. The van der Waals surface area contributed by atoms with Gasteiger partial charge < -0.3 is 31.1 Å². The molecule has 1 aliphatic rings. The number of halogens is 1. The van der Waals surface area contributed by atoms with Crippen LogP contribution in [0, 0.1) is 37.5 Å². The summed E-state index contributed by atoms with van der Waals surface area (Å²) in [6, 6.07) is 44.0. The number of rotatable bonds is 28. The number of thiol groups is 1. The molecule has 6 aromatic rings. The van der Waals surface area contributed by atoms with Gasteiger partial charge in [-0.25, -0.2) is 0 Å². The number of aromatic amines is 1. The molecule has 0 saturated carbocycles. The number of amides is 1. The number of hydrogen-bond donors (Lipinski definition) is 5. The van der Waals surface area contributed by atoms with Gasteiger partial charge in [-0.15, -0.1) is 0 Å². The average molecular weight is 2110 g/mol. The van der Waals surface area contributed by atoms with Gasteiger partial charge in [-0.05, 0) is 186 Å². The first-order valence-electron chi connectivity index (χ1n) is 58.8. The molecular formula is C133H264ClN5O5S2. The summed E-state index contributed by atoms with van der Waals surface area (Å²) in [5.41, 5.74) is 22.1. The van der Waals surface area contributed by atoms with Gasteiger partial charge in [-0.1, -0.05) is 578 Å². The molecule has 146 heavy (non-hydrogen) atoms. The van der Waals surface area contributed by atoms with E-state index in [1.807, 2.05) is 97.6 Å². The number of unbranched alkanes of at least 4 members (excludes halogenated alkanes) is 10. The number of Topliss-reactive ketones (excluding diaryl/α,β-unsaturated/α-hetero) is 2. The van der Waals surface area contributed by atoms with Crippen LogP contribution in [0.25, 0.3) is 10.9 Å². The minimum absolute atomic E-state index is 0.222. The molecule has 0 bridgehead atoms. The maximum absolute atomic E-state index is 10.0. The maximum atomic E-state index is 10.0. The number of aryl methyl sites for hydroxylation is 7. The smallest absolute Gasteiger partial charge is 0.303 e. The average Bonchev–Trinajstić information content (AvgIpc) is 1.70. The molecule has 6 N–H and O–H groups in total. The molecule has 0 atom stereocenters. The van der Waals surface area contributed by atoms with Gasteiger partial charge in [0.1, 0.15) is 11.6 Å². The molecule has 2 heterocycles. The number of allylic oxidation sites excluding steroid dienone is 2. The van der Waals surface area contributed by atoms with E-state index >= 15 is 0 Å². The number of para-hydroxylation sites is 1. The SMILES string of the molecule is CC.CC.CC(C)C.CC(C)C.CCC.CCC.CCC.CCC(=O)O.CCC(C)C.CCC(C)C.CCC(N)=O.CCC1=CCC=N1.CCCC.CCCC.CCCC(C)=O.CCCC(C)=O.CCCCC.CCCCC.CCCCCC.CCCCN=C(C)N.CCCSC.CCS.CCc1c[nH]c2ccccc12.CCc1ccc(C)cc1.CCc1cccc(C)c1.CCc1cccc(Cl)c1.CCc1ccccc1. The standard InChI is InChI=1S/C10H11N.2C9H12.C8H9Cl.C8H10.C6H14N2.C6H9N.C6H14.2C5H10O.4C5H12.C4H10S.4C4H10.C3H7NO.C3H6O2.3C3H8.C2H6S.2C2H6/c1-2-8-7-11-10-6-4-3-5-9(8)10;1-3-9-6-4-8(2)5-7-9;1-3-9-6-4-5-8(2)7-9;1-2-7-4-3-5-8(9)6-7;1-2-8-6-4-3-5-7-8;1-3-4-5-8-6(2)7;1-2-6-4-3-5-7-6;1-3-5-6-4-2;2*1-3-4-5(2)6;2*1-4-5(2)3;2*1-3-5-4-2;1-3-4-5-2;2*1-4(2)3;2*1-3-4-2;2*1-2-3(4)5;3*1-3-2;1-2-3;2*1-2/h3-7,11H,2H2,1H3;2*4-7H,3H2,1-2H3;3-6H,2H2,1H3;3-7H,2H2,1H3;3-5H2,1-2H3,(H2,7,8);4-5H,2-3H2,1H3;3-6H2,1-2H3;2*3-4H2,1-2H3;2*5H,4H2,1-3H3;2*3-5H2,1-2H3;3-4H2,1-2H3;2*4H,1-3H3;2*3-4H2,1-2H3;2H2,1H3,(H2,4,5);2H2,1H3,(H,4,5);3*3H2,1-2H3;3H,2H2,1H3;2*1-2H3. The fraction of sp³-hybridized carbons (Fsp3) is 0.699. The number of ketones is 2. The van der Waals surface area contributed by atoms with Gasteiger partial charge in [0.15, 0.2) is 0 Å². The van der Waals surface area contributed by atoms with Gasteiger partial charge in [0.2, 0.25) is 5.91 Å². The number of carbonyl (C=O) groups excluding carboxylic acids is 3. The number of fused-ring (bicyclic) bond motifs is 1. The third-order valence-electron chi connectivity index (χ3n) is 16.8. The van der Waals surface area contributed by atoms with E-state index in [0.29, 0.717) is 12.3 Å². The van der Waals surface area contributed by atoms with Gasteiger partial charge >= 0.3 is 5.97 Å². The Morgan fingerprint density at radius 2 is 0.740 bits per heavy atom. The Morgan fingerprint density at radius 1 is 0.418 bits per heavy atom. The lowest BCUT2D eigenvalue weighted by Gasteiger charge is -1.95. The lowest BCUT2D eigenvalue weighted by Crippen LogP contribution is -2.06. The van der Waals surface area contributed by atoms with Crippen molar-refractivity contribution in [2.24, 2.45) is 45.1 Å². The lowest BCUT2D eigenvalue weighted by molar-refractivity contribution is -0.136. The molecular weight excluding hydrogens is 1850 g/mol. The number of carboxylic acids is 1. The van der Waals surface area contributed by atoms with Crippen LogP contribution in [0.3, 0.4) is 0 Å². The second kappa shape index (κ2) is 184. The highest BCUT2D eigenvalue weighted by Crippen LogP contribution is 2.18. The van der Waals surface area contributed by atoms with Crippen molar-refractivity contribution < 1.29 is 24.3 Å². The van der Waals surface area contributed by atoms with Crippen LogP contribution in [0.4, 0.5) is 0 Å². The molecule has 0 fully saturated rings. The molecule has 1 aromatic heterocycles. The Balaban J connectivity index is -0.0000000634. The van der Waals surface area contributed by atoms with Crippen molar-refractivity contribution in [2.45, 2.75) is 571 Å². The van der Waals surface area contributed by atoms with Crippen molar-refractivity contribution >= 4 is 82.4 Å². The van der Waals surface area contributed by atoms with Crippen LogP contribution >= 0.6 is 36.0 Å². The van der Waals surface area contributed by atoms with Crippen LogP contribution in [0.1, 0.15) is 564 Å². The number of primary amides is 1. The highest BCUT2D eigenvalue weighted by molar-refractivity contribution is 7.98. The predicted octanol–water partition coefficient (Wildman–Crippen LogP) is 46.0. The van der Waals surface area contributed by atoms with Crippen LogP contribution in [0.2, 0.25) is 5.02 Å². The second-order valence-corrected chi connectivity index (χ2v) is 38.1. The van der Waals surface area contributed by atoms with E-state index in [-0.39, 0.29) is 23.9 Å². The molecule has 10 nitrogen and oxygen atoms in total. The van der Waals surface area contributed by atoms with E-state index < -0.39 is 5.97 Å². The summed E-state index contributed by atoms with van der Waals surface area (Å²) in [4.78, 5) is 50.4. The number of carboxylic acid groups (broad SMARTS) is 1. The van der Waals surface area contributed by atoms with Gasteiger partial charge in [0.25, 0.3) is 0 Å². The van der Waals surface area contributed by atoms with Crippen molar-refractivity contribution in [2.75, 3.05) is 24.3 Å². The Morgan fingerprint density at radius 3 is 0.938 bits per heavy atom. The number of nitrogens with two attached hydrogens (primary N) is 2. The van der Waals surface area contributed by atoms with Crippen molar-refractivity contribution in [3.05, 3.63) is 189 Å². The first-order valence-corrected chi connectivity index (χ1v) is 61.2. The fourth-order valence-corrected chi connectivity index (χ4v) is 8.45. The van der Waals surface area contributed by atoms with Crippen LogP contribution in [-0.2, 0) is 51.3 Å². The van der Waals surface area contributed by atoms with Crippen LogP contribution < -0.4 is 11.5 Å². The summed E-state index contributed by atoms with van der Waals surface area (Å²) in [6.45, 7) is 106. The molecule has 13 heteroatoms. The zero-order chi connectivity index (χ0) is 118. The molecule has 0 spiro atoms. The Hall–Kier alpha value is -6.21. The highest BCUT2D eigenvalue weighted by Gasteiger charge is 1.99. The molecule has 0 radical (unpaired) electrons. The Bertz CT molecular complexity index is 3130. The van der Waals surface area contributed by atoms with Gasteiger partial charge in [-0.2, -0.15) is 24.4 Å². The van der Waals surface area contributed by atoms with E-state index in [1.54, 1.807) is 27.7 Å². The summed E-state index contributed by atoms with van der Waals surface area (Å²) in [7, 11) is 0. The monoisotopic (exact) mass is 2110 g/mol. The van der Waals surface area contributed by atoms with Gasteiger partial charge in [0, 0.05) is 72.7 Å². The second-order valence-electron chi connectivity index (χ2n) is 36.1. The molecule has 7 rings (SSSR count). The highest BCUT2D eigenvalue weighted by atomic mass is 35.5. The number of aliphatic carboxylic acids is 1. The van der Waals surface area contributed by atoms with Gasteiger partial charge in [0.05, 0.1) is 5.84 Å². The van der Waals surface area contributed by atoms with Crippen LogP contribution in [-0.4, -0.2) is 69.9 Å². The molecule has 870 valence electrons. The minimum atomic E-state index is -0.745. The van der Waals surface area contributed by atoms with Crippen molar-refractivity contribution in [1.29, 1.82) is 0 Å². The number of nitrogens with one attached hydrogen (secondary N) is 1. The number of carbonyl (C=O) groups is 4. The molecule has 1 amide bonds. The quantitative estimate of drug-likeness (QED) is 0.0140. The van der Waals surface area contributed by atoms with E-state index in [2.05, 4.69) is 418 Å². The van der Waals surface area contributed by atoms with Gasteiger partial charge in [-0.3, -0.25) is 19.6 Å². The number of hydrogen-bond acceptors (Lipinski definition) is 8. The van der Waals surface area contributed by atoms with E-state index in [0.717, 1.165) is 118 Å². The fourth-order valence-electron chi connectivity index (χ4n) is 7.83. The molecule has 0 aliphatic carbocycles. The van der Waals surface area contributed by atoms with Crippen molar-refractivity contribution in [3.8, 4) is 0 Å². The predicted molar refractivity (Wildman–Crippen MR) is 694 cm³/mol. The first kappa shape index (κ1) is 188. The topological polar surface area (TPSA) is 181 Å². The number of H-pyrrole nitrogens is 1. The molecule has 1 aliphatic heterocycles. The third-order valence-corrected chi connectivity index (χ3v) is 17.9. The molecule has 0 saturated heterocycles. The summed E-state index contributed by atoms with van der Waals surface area (Å²) in [5, 5.41) is 9.91. The summed E-state index contributed by atoms with van der Waals surface area (Å²) >= 11 is 11.4. The lowest BCUT2D eigenvalue weighted by atomic mass is 10.1. The maximum Gasteiger partial charge on any atom is 0.303 e. The van der Waals surface area contributed by atoms with Crippen LogP contribution in [0.5, 0.6) is 0 Å². The number of aliphatic imine (C=N–C) groups is 2. The number of aromatic nitrogens is 1. The third kappa shape index (κ3) is 254. The summed E-state index contributed by atoms with van der Waals surface area (Å²) in [5.74, 6) is 5.97. The molecule has 5 aromatic carbocycles. The van der Waals surface area contributed by atoms with E-state index in [4.69, 9.17) is 22.4 Å². The van der Waals surface area contributed by atoms with Crippen molar-refractivity contribution in [1.82, 2.24) is 4.98 Å². The van der Waals surface area contributed by atoms with Crippen LogP contribution in [0.15, 0.2) is 155 Å². The number of nitrogens with zero attached hydrogens (tertiary/aromatic N) is 2. The van der Waals surface area contributed by atoms with E-state index in [1.165, 1.54) is 196 Å². The number of thioether (sulfide) groups is 1. The summed E-state index contributed by atoms with van der Waals surface area (Å²) < 4.78 is 0. The van der Waals surface area contributed by atoms with E-state index in [9.17, 15) is 19.2 Å². The summed E-state index contributed by atoms with van der Waals surface area (Å²) in [6.07, 6.45) is 49.1. The minimum Gasteiger partial charge on any atom is -0.481 e. The Labute approximate surface area is 934 Å². The number of benzene rings is 5. The Kier molecular flexibility index (Phi) is 236. The number of amidine groups is 1. The normalized spacial score (nSPS) is 9.13. The largest absolute Gasteiger partial charge is 0.481 e. The van der Waals surface area contributed by atoms with Crippen molar-refractivity contribution in [3.63, 3.8) is 0 Å². The first-order chi connectivity index (χ1) is 69.3. The zero-order valence-corrected chi connectivity index (χ0v) is 110.